The Bertz CT molecular complexity index is 571. The first kappa shape index (κ1) is 13.5. The third-order valence-corrected chi connectivity index (χ3v) is 3.47. The van der Waals surface area contributed by atoms with E-state index in [0.29, 0.717) is 17.3 Å². The van der Waals surface area contributed by atoms with E-state index in [4.69, 9.17) is 11.0 Å². The summed E-state index contributed by atoms with van der Waals surface area (Å²) in [6, 6.07) is 11.7. The lowest BCUT2D eigenvalue weighted by molar-refractivity contribution is 0.582. The van der Waals surface area contributed by atoms with Gasteiger partial charge in [-0.05, 0) is 35.9 Å². The van der Waals surface area contributed by atoms with Crippen LogP contribution in [-0.4, -0.2) is 31.5 Å². The normalized spacial score (nSPS) is 13.7. The fourth-order valence-corrected chi connectivity index (χ4v) is 2.48. The van der Waals surface area contributed by atoms with E-state index in [0.717, 1.165) is 5.69 Å². The second-order valence-corrected chi connectivity index (χ2v) is 5.40. The van der Waals surface area contributed by atoms with Gasteiger partial charge in [0, 0.05) is 5.75 Å². The summed E-state index contributed by atoms with van der Waals surface area (Å²) >= 11 is 1.49. The summed E-state index contributed by atoms with van der Waals surface area (Å²) in [6.45, 7) is 1.72. The summed E-state index contributed by atoms with van der Waals surface area (Å²) in [5, 5.41) is 21.2. The molecule has 2 N–H and O–H groups in total. The van der Waals surface area contributed by atoms with Crippen LogP contribution in [-0.2, 0) is 0 Å². The van der Waals surface area contributed by atoms with Gasteiger partial charge in [0.25, 0.3) is 0 Å². The van der Waals surface area contributed by atoms with Gasteiger partial charge in [-0.15, -0.1) is 5.10 Å². The minimum atomic E-state index is -0.808. The number of rotatable bonds is 5. The van der Waals surface area contributed by atoms with Gasteiger partial charge in [-0.1, -0.05) is 30.0 Å². The Morgan fingerprint density at radius 1 is 1.42 bits per heavy atom. The first-order chi connectivity index (χ1) is 9.12. The van der Waals surface area contributed by atoms with Crippen molar-refractivity contribution < 1.29 is 0 Å². The lowest BCUT2D eigenvalue weighted by Gasteiger charge is -2.13. The van der Waals surface area contributed by atoms with Gasteiger partial charge in [0.15, 0.2) is 0 Å². The summed E-state index contributed by atoms with van der Waals surface area (Å²) in [5.74, 6) is 0.688. The van der Waals surface area contributed by atoms with Gasteiger partial charge in [-0.25, -0.2) is 0 Å². The lowest BCUT2D eigenvalue weighted by Crippen LogP contribution is -2.34. The number of thioether (sulfide) groups is 1. The molecule has 7 heteroatoms. The Labute approximate surface area is 115 Å². The Kier molecular flexibility index (Phi) is 4.14. The highest BCUT2D eigenvalue weighted by Gasteiger charge is 2.18. The molecule has 0 bridgehead atoms. The van der Waals surface area contributed by atoms with Crippen molar-refractivity contribution in [3.8, 4) is 11.8 Å². The number of aromatic nitrogens is 4. The highest BCUT2D eigenvalue weighted by molar-refractivity contribution is 7.99. The van der Waals surface area contributed by atoms with Crippen LogP contribution in [0.2, 0.25) is 0 Å². The van der Waals surface area contributed by atoms with Crippen LogP contribution < -0.4 is 5.73 Å². The predicted octanol–water partition coefficient (Wildman–Crippen LogP) is 1.39. The molecule has 1 aromatic carbocycles. The number of nitriles is 1. The number of hydrogen-bond donors (Lipinski definition) is 1. The number of hydrogen-bond acceptors (Lipinski definition) is 6. The molecule has 1 heterocycles. The number of tetrazole rings is 1. The highest BCUT2D eigenvalue weighted by Crippen LogP contribution is 2.20. The van der Waals surface area contributed by atoms with Crippen molar-refractivity contribution in [3.63, 3.8) is 0 Å². The second kappa shape index (κ2) is 5.82. The fraction of sp³-hybridized carbons (Fsp3) is 0.333. The quantitative estimate of drug-likeness (QED) is 0.828. The van der Waals surface area contributed by atoms with E-state index < -0.39 is 5.54 Å². The third kappa shape index (κ3) is 3.53. The molecule has 0 aliphatic rings. The molecular formula is C12H14N6S. The molecule has 0 aliphatic carbocycles. The molecule has 0 saturated heterocycles. The van der Waals surface area contributed by atoms with E-state index in [1.165, 1.54) is 11.8 Å². The summed E-state index contributed by atoms with van der Waals surface area (Å²) in [6.07, 6.45) is 0.579. The van der Waals surface area contributed by atoms with Crippen LogP contribution in [0.15, 0.2) is 35.5 Å². The summed E-state index contributed by atoms with van der Waals surface area (Å²) in [5.41, 5.74) is 5.87. The van der Waals surface area contributed by atoms with Crippen LogP contribution >= 0.6 is 11.8 Å². The molecular weight excluding hydrogens is 260 g/mol. The van der Waals surface area contributed by atoms with Gasteiger partial charge in [0.05, 0.1) is 11.8 Å². The van der Waals surface area contributed by atoms with E-state index in [2.05, 4.69) is 21.6 Å². The molecule has 0 spiro atoms. The van der Waals surface area contributed by atoms with E-state index in [9.17, 15) is 0 Å². The number of nitrogens with two attached hydrogens (primary N) is 1. The largest absolute Gasteiger partial charge is 0.314 e. The van der Waals surface area contributed by atoms with Gasteiger partial charge in [-0.3, -0.25) is 0 Å². The van der Waals surface area contributed by atoms with E-state index >= 15 is 0 Å². The fourth-order valence-electron chi connectivity index (χ4n) is 1.41. The standard InChI is InChI=1S/C12H14N6S/c1-12(14,9-13)7-8-19-11-15-16-17-18(11)10-5-3-2-4-6-10/h2-6H,7-8,14H2,1H3. The van der Waals surface area contributed by atoms with Crippen LogP contribution in [0.3, 0.4) is 0 Å². The molecule has 0 saturated carbocycles. The Hall–Kier alpha value is -1.91. The van der Waals surface area contributed by atoms with Crippen LogP contribution in [0.4, 0.5) is 0 Å². The summed E-state index contributed by atoms with van der Waals surface area (Å²) in [4.78, 5) is 0. The topological polar surface area (TPSA) is 93.4 Å². The molecule has 1 aromatic heterocycles. The number of nitrogens with zero attached hydrogens (tertiary/aromatic N) is 5. The van der Waals surface area contributed by atoms with Crippen molar-refractivity contribution in [2.45, 2.75) is 24.0 Å². The van der Waals surface area contributed by atoms with Gasteiger partial charge < -0.3 is 5.73 Å². The maximum atomic E-state index is 8.85. The molecule has 2 rings (SSSR count). The predicted molar refractivity (Wildman–Crippen MR) is 72.7 cm³/mol. The molecule has 0 radical (unpaired) electrons. The van der Waals surface area contributed by atoms with E-state index in [1.54, 1.807) is 11.6 Å². The number of para-hydroxylation sites is 1. The van der Waals surface area contributed by atoms with Crippen LogP contribution in [0.5, 0.6) is 0 Å². The van der Waals surface area contributed by atoms with Crippen molar-refractivity contribution in [1.82, 2.24) is 20.2 Å². The molecule has 1 unspecified atom stereocenters. The average Bonchev–Trinajstić information content (AvgIpc) is 2.88. The SMILES string of the molecule is CC(N)(C#N)CCSc1nnnn1-c1ccccc1. The number of benzene rings is 1. The highest BCUT2D eigenvalue weighted by atomic mass is 32.2. The van der Waals surface area contributed by atoms with Crippen molar-refractivity contribution in [2.24, 2.45) is 5.73 Å². The Morgan fingerprint density at radius 3 is 2.84 bits per heavy atom. The van der Waals surface area contributed by atoms with Gasteiger partial charge in [0.2, 0.25) is 5.16 Å². The molecule has 0 aliphatic heterocycles. The van der Waals surface area contributed by atoms with Gasteiger partial charge in [0.1, 0.15) is 5.54 Å². The van der Waals surface area contributed by atoms with Gasteiger partial charge in [-0.2, -0.15) is 9.94 Å². The zero-order chi connectivity index (χ0) is 13.7. The van der Waals surface area contributed by atoms with Gasteiger partial charge >= 0.3 is 0 Å². The molecule has 2 aromatic rings. The average molecular weight is 274 g/mol. The minimum Gasteiger partial charge on any atom is -0.314 e. The Balaban J connectivity index is 2.04. The second-order valence-electron chi connectivity index (χ2n) is 4.34. The maximum absolute atomic E-state index is 8.85. The van der Waals surface area contributed by atoms with Crippen molar-refractivity contribution in [3.05, 3.63) is 30.3 Å². The van der Waals surface area contributed by atoms with Crippen LogP contribution in [0, 0.1) is 11.3 Å². The lowest BCUT2D eigenvalue weighted by atomic mass is 10.0. The Morgan fingerprint density at radius 2 is 2.16 bits per heavy atom. The maximum Gasteiger partial charge on any atom is 0.214 e. The minimum absolute atomic E-state index is 0.579. The molecule has 6 nitrogen and oxygen atoms in total. The first-order valence-corrected chi connectivity index (χ1v) is 6.78. The summed E-state index contributed by atoms with van der Waals surface area (Å²) in [7, 11) is 0. The molecule has 19 heavy (non-hydrogen) atoms. The van der Waals surface area contributed by atoms with E-state index in [-0.39, 0.29) is 0 Å². The molecule has 0 amide bonds. The van der Waals surface area contributed by atoms with Crippen LogP contribution in [0.1, 0.15) is 13.3 Å². The van der Waals surface area contributed by atoms with E-state index in [1.807, 2.05) is 30.3 Å². The van der Waals surface area contributed by atoms with Crippen molar-refractivity contribution in [2.75, 3.05) is 5.75 Å². The summed E-state index contributed by atoms with van der Waals surface area (Å²) < 4.78 is 1.67. The van der Waals surface area contributed by atoms with Crippen molar-refractivity contribution >= 4 is 11.8 Å². The smallest absolute Gasteiger partial charge is 0.214 e. The first-order valence-electron chi connectivity index (χ1n) is 5.79. The molecule has 1 atom stereocenters. The van der Waals surface area contributed by atoms with Crippen LogP contribution in [0.25, 0.3) is 5.69 Å². The molecule has 0 fully saturated rings. The van der Waals surface area contributed by atoms with Crippen molar-refractivity contribution in [1.29, 1.82) is 5.26 Å². The zero-order valence-electron chi connectivity index (χ0n) is 10.5. The third-order valence-electron chi connectivity index (χ3n) is 2.55. The zero-order valence-corrected chi connectivity index (χ0v) is 11.3. The monoisotopic (exact) mass is 274 g/mol. The molecule has 98 valence electrons.